The standard InChI is InChI=1S/C10H11ClO4S/c1-15-10-4-2-8(3-5-10)6-9(12)7-16(11,13)14/h2-5H,6-7H2,1H3. The van der Waals surface area contributed by atoms with Crippen LogP contribution in [0.2, 0.25) is 0 Å². The van der Waals surface area contributed by atoms with Crippen LogP contribution in [0.4, 0.5) is 0 Å². The van der Waals surface area contributed by atoms with E-state index in [1.807, 2.05) is 0 Å². The molecule has 0 aromatic heterocycles. The van der Waals surface area contributed by atoms with Gasteiger partial charge in [0.25, 0.3) is 0 Å². The van der Waals surface area contributed by atoms with Crippen molar-refractivity contribution < 1.29 is 17.9 Å². The van der Waals surface area contributed by atoms with E-state index in [0.29, 0.717) is 5.75 Å². The predicted molar refractivity (Wildman–Crippen MR) is 61.3 cm³/mol. The van der Waals surface area contributed by atoms with E-state index in [-0.39, 0.29) is 6.42 Å². The molecule has 0 spiro atoms. The van der Waals surface area contributed by atoms with Crippen molar-refractivity contribution in [1.82, 2.24) is 0 Å². The molecule has 0 saturated heterocycles. The summed E-state index contributed by atoms with van der Waals surface area (Å²) in [7, 11) is 2.76. The molecule has 88 valence electrons. The number of ether oxygens (including phenoxy) is 1. The number of hydrogen-bond acceptors (Lipinski definition) is 4. The van der Waals surface area contributed by atoms with Gasteiger partial charge in [0.15, 0.2) is 5.78 Å². The Labute approximate surface area is 98.6 Å². The molecule has 6 heteroatoms. The molecule has 4 nitrogen and oxygen atoms in total. The quantitative estimate of drug-likeness (QED) is 0.752. The summed E-state index contributed by atoms with van der Waals surface area (Å²) < 4.78 is 26.3. The highest BCUT2D eigenvalue weighted by molar-refractivity contribution is 8.14. The Bertz CT molecular complexity index is 464. The van der Waals surface area contributed by atoms with Crippen LogP contribution in [-0.4, -0.2) is 27.1 Å². The van der Waals surface area contributed by atoms with Crippen LogP contribution in [0.25, 0.3) is 0 Å². The Morgan fingerprint density at radius 3 is 2.31 bits per heavy atom. The lowest BCUT2D eigenvalue weighted by atomic mass is 10.1. The molecule has 0 radical (unpaired) electrons. The molecule has 0 aliphatic heterocycles. The molecule has 0 N–H and O–H groups in total. The van der Waals surface area contributed by atoms with Gasteiger partial charge in [-0.05, 0) is 17.7 Å². The van der Waals surface area contributed by atoms with Gasteiger partial charge in [0.05, 0.1) is 7.11 Å². The molecule has 1 aromatic rings. The van der Waals surface area contributed by atoms with Gasteiger partial charge in [0.1, 0.15) is 11.5 Å². The second-order valence-corrected chi connectivity index (χ2v) is 6.02. The molecule has 0 heterocycles. The first kappa shape index (κ1) is 13.0. The third-order valence-corrected chi connectivity index (χ3v) is 2.89. The predicted octanol–water partition coefficient (Wildman–Crippen LogP) is 1.38. The lowest BCUT2D eigenvalue weighted by Gasteiger charge is -2.02. The van der Waals surface area contributed by atoms with Gasteiger partial charge in [0, 0.05) is 17.1 Å². The monoisotopic (exact) mass is 262 g/mol. The summed E-state index contributed by atoms with van der Waals surface area (Å²) in [5, 5.41) is 0. The van der Waals surface area contributed by atoms with Crippen molar-refractivity contribution in [1.29, 1.82) is 0 Å². The smallest absolute Gasteiger partial charge is 0.239 e. The van der Waals surface area contributed by atoms with E-state index < -0.39 is 20.6 Å². The highest BCUT2D eigenvalue weighted by Crippen LogP contribution is 2.12. The first-order chi connectivity index (χ1) is 7.40. The number of hydrogen-bond donors (Lipinski definition) is 0. The lowest BCUT2D eigenvalue weighted by molar-refractivity contribution is -0.116. The summed E-state index contributed by atoms with van der Waals surface area (Å²) in [6, 6.07) is 6.82. The minimum absolute atomic E-state index is 0.0515. The normalized spacial score (nSPS) is 11.1. The summed E-state index contributed by atoms with van der Waals surface area (Å²) in [5.41, 5.74) is 0.728. The zero-order valence-electron chi connectivity index (χ0n) is 8.64. The zero-order chi connectivity index (χ0) is 12.2. The molecule has 0 atom stereocenters. The molecule has 1 aromatic carbocycles. The van der Waals surface area contributed by atoms with Crippen LogP contribution in [0.3, 0.4) is 0 Å². The number of rotatable bonds is 5. The van der Waals surface area contributed by atoms with E-state index in [9.17, 15) is 13.2 Å². The maximum absolute atomic E-state index is 11.3. The molecule has 0 saturated carbocycles. The van der Waals surface area contributed by atoms with Gasteiger partial charge < -0.3 is 4.74 Å². The molecule has 0 aliphatic carbocycles. The molecule has 16 heavy (non-hydrogen) atoms. The van der Waals surface area contributed by atoms with Crippen LogP contribution in [0.5, 0.6) is 5.75 Å². The Hall–Kier alpha value is -1.07. The van der Waals surface area contributed by atoms with E-state index in [2.05, 4.69) is 0 Å². The summed E-state index contributed by atoms with van der Waals surface area (Å²) in [6.45, 7) is 0. The molecular weight excluding hydrogens is 252 g/mol. The van der Waals surface area contributed by atoms with E-state index in [1.165, 1.54) is 0 Å². The molecular formula is C10H11ClO4S. The van der Waals surface area contributed by atoms with Gasteiger partial charge in [-0.3, -0.25) is 4.79 Å². The Kier molecular flexibility index (Phi) is 4.32. The Balaban J connectivity index is 2.63. The third-order valence-electron chi connectivity index (χ3n) is 1.89. The lowest BCUT2D eigenvalue weighted by Crippen LogP contribution is -2.13. The average molecular weight is 263 g/mol. The van der Waals surface area contributed by atoms with Crippen LogP contribution >= 0.6 is 10.7 Å². The highest BCUT2D eigenvalue weighted by atomic mass is 35.7. The highest BCUT2D eigenvalue weighted by Gasteiger charge is 2.13. The van der Waals surface area contributed by atoms with Gasteiger partial charge in [-0.25, -0.2) is 8.42 Å². The van der Waals surface area contributed by atoms with Gasteiger partial charge >= 0.3 is 0 Å². The van der Waals surface area contributed by atoms with E-state index in [0.717, 1.165) is 5.56 Å². The average Bonchev–Trinajstić information content (AvgIpc) is 2.16. The van der Waals surface area contributed by atoms with Gasteiger partial charge in [-0.15, -0.1) is 0 Å². The van der Waals surface area contributed by atoms with Crippen LogP contribution in [0.1, 0.15) is 5.56 Å². The van der Waals surface area contributed by atoms with Gasteiger partial charge in [-0.2, -0.15) is 0 Å². The van der Waals surface area contributed by atoms with E-state index in [1.54, 1.807) is 31.4 Å². The van der Waals surface area contributed by atoms with E-state index in [4.69, 9.17) is 15.4 Å². The van der Waals surface area contributed by atoms with Crippen molar-refractivity contribution in [2.24, 2.45) is 0 Å². The van der Waals surface area contributed by atoms with Crippen molar-refractivity contribution >= 4 is 25.5 Å². The number of methoxy groups -OCH3 is 1. The van der Waals surface area contributed by atoms with Crippen LogP contribution in [0.15, 0.2) is 24.3 Å². The van der Waals surface area contributed by atoms with Crippen molar-refractivity contribution in [2.75, 3.05) is 12.9 Å². The fraction of sp³-hybridized carbons (Fsp3) is 0.300. The van der Waals surface area contributed by atoms with Crippen LogP contribution < -0.4 is 4.74 Å². The molecule has 0 unspecified atom stereocenters. The SMILES string of the molecule is COc1ccc(CC(=O)CS(=O)(=O)Cl)cc1. The maximum Gasteiger partial charge on any atom is 0.239 e. The van der Waals surface area contributed by atoms with Crippen LogP contribution in [0, 0.1) is 0 Å². The van der Waals surface area contributed by atoms with Crippen LogP contribution in [-0.2, 0) is 20.3 Å². The second-order valence-electron chi connectivity index (χ2n) is 3.25. The summed E-state index contributed by atoms with van der Waals surface area (Å²) in [6.07, 6.45) is 0.0515. The molecule has 0 fully saturated rings. The Morgan fingerprint density at radius 2 is 1.88 bits per heavy atom. The number of Topliss-reactive ketones (excluding diaryl/α,β-unsaturated/α-hetero) is 1. The van der Waals surface area contributed by atoms with Crippen molar-refractivity contribution in [3.05, 3.63) is 29.8 Å². The fourth-order valence-electron chi connectivity index (χ4n) is 1.21. The first-order valence-corrected chi connectivity index (χ1v) is 6.95. The third kappa shape index (κ3) is 4.63. The number of carbonyl (C=O) groups is 1. The zero-order valence-corrected chi connectivity index (χ0v) is 10.2. The number of halogens is 1. The number of benzene rings is 1. The van der Waals surface area contributed by atoms with Crippen molar-refractivity contribution in [3.8, 4) is 5.75 Å². The van der Waals surface area contributed by atoms with Gasteiger partial charge in [0.2, 0.25) is 9.05 Å². The Morgan fingerprint density at radius 1 is 1.31 bits per heavy atom. The first-order valence-electron chi connectivity index (χ1n) is 4.47. The maximum atomic E-state index is 11.3. The summed E-state index contributed by atoms with van der Waals surface area (Å²) >= 11 is 0. The molecule has 0 aliphatic rings. The van der Waals surface area contributed by atoms with E-state index >= 15 is 0 Å². The topological polar surface area (TPSA) is 60.4 Å². The number of carbonyl (C=O) groups excluding carboxylic acids is 1. The minimum Gasteiger partial charge on any atom is -0.497 e. The summed E-state index contributed by atoms with van der Waals surface area (Å²) in [5.74, 6) is -0.387. The molecule has 1 rings (SSSR count). The second kappa shape index (κ2) is 5.32. The molecule has 0 bridgehead atoms. The fourth-order valence-corrected chi connectivity index (χ4v) is 2.07. The number of ketones is 1. The summed E-state index contributed by atoms with van der Waals surface area (Å²) in [4.78, 5) is 11.3. The largest absolute Gasteiger partial charge is 0.497 e. The minimum atomic E-state index is -3.76. The van der Waals surface area contributed by atoms with Crippen molar-refractivity contribution in [3.63, 3.8) is 0 Å². The molecule has 0 amide bonds. The van der Waals surface area contributed by atoms with Crippen molar-refractivity contribution in [2.45, 2.75) is 6.42 Å². The van der Waals surface area contributed by atoms with Gasteiger partial charge in [-0.1, -0.05) is 12.1 Å².